The number of aromatic nitrogens is 1. The van der Waals surface area contributed by atoms with Crippen LogP contribution in [0.2, 0.25) is 0 Å². The summed E-state index contributed by atoms with van der Waals surface area (Å²) >= 11 is 0. The monoisotopic (exact) mass is 264 g/mol. The lowest BCUT2D eigenvalue weighted by Gasteiger charge is -2.33. The summed E-state index contributed by atoms with van der Waals surface area (Å²) in [5, 5.41) is 1.19. The Kier molecular flexibility index (Phi) is 4.34. The van der Waals surface area contributed by atoms with Gasteiger partial charge in [-0.15, -0.1) is 0 Å². The van der Waals surface area contributed by atoms with Crippen LogP contribution in [0, 0.1) is 0 Å². The molecular weight excluding hydrogens is 244 g/mol. The first-order chi connectivity index (χ1) is 9.11. The van der Waals surface area contributed by atoms with Gasteiger partial charge >= 0.3 is 0 Å². The number of hydrogen-bond donors (Lipinski definition) is 0. The second-order valence-electron chi connectivity index (χ2n) is 4.68. The maximum atomic E-state index is 11.8. The quantitative estimate of drug-likeness (QED) is 0.743. The van der Waals surface area contributed by atoms with E-state index in [9.17, 15) is 4.79 Å². The van der Waals surface area contributed by atoms with Gasteiger partial charge < -0.3 is 9.80 Å². The van der Waals surface area contributed by atoms with Crippen molar-refractivity contribution in [3.63, 3.8) is 0 Å². The highest BCUT2D eigenvalue weighted by Gasteiger charge is 2.16. The van der Waals surface area contributed by atoms with E-state index >= 15 is 0 Å². The highest BCUT2D eigenvalue weighted by molar-refractivity contribution is 5.93. The van der Waals surface area contributed by atoms with E-state index in [-0.39, 0.29) is 5.91 Å². The predicted octanol–water partition coefficient (Wildman–Crippen LogP) is 0.467. The van der Waals surface area contributed by atoms with Gasteiger partial charge in [-0.2, -0.15) is 0 Å². The SMILES string of the molecule is CON(C)C(=O)c1ccc(N2CCN(C)CC2)nc1. The fraction of sp³-hybridized carbons (Fsp3) is 0.538. The first kappa shape index (κ1) is 13.8. The van der Waals surface area contributed by atoms with Crippen LogP contribution in [-0.2, 0) is 4.84 Å². The highest BCUT2D eigenvalue weighted by Crippen LogP contribution is 2.14. The van der Waals surface area contributed by atoms with Crippen LogP contribution < -0.4 is 4.90 Å². The third-order valence-electron chi connectivity index (χ3n) is 3.38. The predicted molar refractivity (Wildman–Crippen MR) is 73.0 cm³/mol. The van der Waals surface area contributed by atoms with Crippen molar-refractivity contribution in [2.24, 2.45) is 0 Å². The van der Waals surface area contributed by atoms with Gasteiger partial charge in [-0.3, -0.25) is 9.63 Å². The maximum absolute atomic E-state index is 11.8. The van der Waals surface area contributed by atoms with E-state index in [1.165, 1.54) is 12.2 Å². The number of carbonyl (C=O) groups is 1. The number of carbonyl (C=O) groups excluding carboxylic acids is 1. The van der Waals surface area contributed by atoms with Crippen molar-refractivity contribution < 1.29 is 9.63 Å². The Morgan fingerprint density at radius 3 is 2.53 bits per heavy atom. The molecule has 0 bridgehead atoms. The Morgan fingerprint density at radius 1 is 1.32 bits per heavy atom. The van der Waals surface area contributed by atoms with E-state index in [4.69, 9.17) is 4.84 Å². The molecule has 0 radical (unpaired) electrons. The minimum Gasteiger partial charge on any atom is -0.354 e. The van der Waals surface area contributed by atoms with Crippen LogP contribution in [0.1, 0.15) is 10.4 Å². The summed E-state index contributed by atoms with van der Waals surface area (Å²) in [6, 6.07) is 3.68. The van der Waals surface area contributed by atoms with E-state index < -0.39 is 0 Å². The lowest BCUT2D eigenvalue weighted by molar-refractivity contribution is -0.0757. The molecule has 6 heteroatoms. The fourth-order valence-electron chi connectivity index (χ4n) is 2.00. The van der Waals surface area contributed by atoms with Crippen LogP contribution >= 0.6 is 0 Å². The summed E-state index contributed by atoms with van der Waals surface area (Å²) in [5.41, 5.74) is 0.530. The zero-order chi connectivity index (χ0) is 13.8. The first-order valence-electron chi connectivity index (χ1n) is 6.33. The Morgan fingerprint density at radius 2 is 2.00 bits per heavy atom. The normalized spacial score (nSPS) is 16.5. The molecule has 1 saturated heterocycles. The number of anilines is 1. The molecule has 2 heterocycles. The number of rotatable bonds is 3. The lowest BCUT2D eigenvalue weighted by Crippen LogP contribution is -2.44. The molecule has 6 nitrogen and oxygen atoms in total. The van der Waals surface area contributed by atoms with Gasteiger partial charge in [0.05, 0.1) is 12.7 Å². The zero-order valence-electron chi connectivity index (χ0n) is 11.7. The molecular formula is C13H20N4O2. The molecule has 1 amide bonds. The van der Waals surface area contributed by atoms with Crippen LogP contribution in [0.15, 0.2) is 18.3 Å². The number of pyridine rings is 1. The average molecular weight is 264 g/mol. The van der Waals surface area contributed by atoms with Gasteiger partial charge in [0.15, 0.2) is 0 Å². The fourth-order valence-corrected chi connectivity index (χ4v) is 2.00. The van der Waals surface area contributed by atoms with E-state index in [0.717, 1.165) is 32.0 Å². The molecule has 1 aromatic rings. The molecule has 0 unspecified atom stereocenters. The molecule has 0 atom stereocenters. The molecule has 104 valence electrons. The summed E-state index contributed by atoms with van der Waals surface area (Å²) in [6.07, 6.45) is 1.60. The van der Waals surface area contributed by atoms with Crippen molar-refractivity contribution in [2.45, 2.75) is 0 Å². The average Bonchev–Trinajstić information content (AvgIpc) is 2.46. The molecule has 1 aromatic heterocycles. The van der Waals surface area contributed by atoms with Gasteiger partial charge in [0.25, 0.3) is 5.91 Å². The summed E-state index contributed by atoms with van der Waals surface area (Å²) < 4.78 is 0. The molecule has 1 aliphatic rings. The second-order valence-corrected chi connectivity index (χ2v) is 4.68. The number of likely N-dealkylation sites (N-methyl/N-ethyl adjacent to an activating group) is 1. The molecule has 19 heavy (non-hydrogen) atoms. The van der Waals surface area contributed by atoms with Gasteiger partial charge in [-0.1, -0.05) is 0 Å². The number of amides is 1. The van der Waals surface area contributed by atoms with Crippen LogP contribution in [0.3, 0.4) is 0 Å². The molecule has 1 fully saturated rings. The Labute approximate surface area is 113 Å². The van der Waals surface area contributed by atoms with Crippen LogP contribution in [0.5, 0.6) is 0 Å². The summed E-state index contributed by atoms with van der Waals surface area (Å²) in [5.74, 6) is 0.727. The number of hydrogen-bond acceptors (Lipinski definition) is 5. The minimum absolute atomic E-state index is 0.195. The Hall–Kier alpha value is -1.66. The van der Waals surface area contributed by atoms with Gasteiger partial charge in [0, 0.05) is 39.4 Å². The van der Waals surface area contributed by atoms with Crippen LogP contribution in [0.4, 0.5) is 5.82 Å². The van der Waals surface area contributed by atoms with Crippen LogP contribution in [0.25, 0.3) is 0 Å². The molecule has 0 spiro atoms. The van der Waals surface area contributed by atoms with Crippen molar-refractivity contribution in [1.82, 2.24) is 14.9 Å². The van der Waals surface area contributed by atoms with Crippen molar-refractivity contribution >= 4 is 11.7 Å². The molecule has 0 aromatic carbocycles. The van der Waals surface area contributed by atoms with Crippen LogP contribution in [-0.4, -0.2) is 68.2 Å². The van der Waals surface area contributed by atoms with Gasteiger partial charge in [-0.05, 0) is 19.2 Å². The smallest absolute Gasteiger partial charge is 0.278 e. The largest absolute Gasteiger partial charge is 0.354 e. The topological polar surface area (TPSA) is 48.9 Å². The molecule has 2 rings (SSSR count). The van der Waals surface area contributed by atoms with Crippen molar-refractivity contribution in [3.05, 3.63) is 23.9 Å². The van der Waals surface area contributed by atoms with Gasteiger partial charge in [0.1, 0.15) is 5.82 Å². The third kappa shape index (κ3) is 3.21. The summed E-state index contributed by atoms with van der Waals surface area (Å²) in [4.78, 5) is 25.6. The van der Waals surface area contributed by atoms with Crippen molar-refractivity contribution in [2.75, 3.05) is 52.3 Å². The lowest BCUT2D eigenvalue weighted by atomic mass is 10.2. The maximum Gasteiger partial charge on any atom is 0.278 e. The van der Waals surface area contributed by atoms with Crippen molar-refractivity contribution in [3.8, 4) is 0 Å². The molecule has 0 N–H and O–H groups in total. The van der Waals surface area contributed by atoms with E-state index in [0.29, 0.717) is 5.56 Å². The van der Waals surface area contributed by atoms with Crippen molar-refractivity contribution in [1.29, 1.82) is 0 Å². The minimum atomic E-state index is -0.195. The first-order valence-corrected chi connectivity index (χ1v) is 6.33. The zero-order valence-corrected chi connectivity index (χ0v) is 11.7. The van der Waals surface area contributed by atoms with Gasteiger partial charge in [0.2, 0.25) is 0 Å². The van der Waals surface area contributed by atoms with E-state index in [1.807, 2.05) is 6.07 Å². The van der Waals surface area contributed by atoms with Gasteiger partial charge in [-0.25, -0.2) is 10.0 Å². The number of hydroxylamine groups is 2. The molecule has 1 aliphatic heterocycles. The summed E-state index contributed by atoms with van der Waals surface area (Å²) in [7, 11) is 5.16. The molecule has 0 aliphatic carbocycles. The number of nitrogens with zero attached hydrogens (tertiary/aromatic N) is 4. The number of piperazine rings is 1. The second kappa shape index (κ2) is 5.99. The third-order valence-corrected chi connectivity index (χ3v) is 3.38. The Balaban J connectivity index is 2.04. The van der Waals surface area contributed by atoms with E-state index in [2.05, 4.69) is 21.8 Å². The molecule has 0 saturated carbocycles. The summed E-state index contributed by atoms with van der Waals surface area (Å²) in [6.45, 7) is 4.01. The van der Waals surface area contributed by atoms with E-state index in [1.54, 1.807) is 19.3 Å². The Bertz CT molecular complexity index is 427. The highest BCUT2D eigenvalue weighted by atomic mass is 16.7. The standard InChI is InChI=1S/C13H20N4O2/c1-15-6-8-17(9-7-15)12-5-4-11(10-14-12)13(18)16(2)19-3/h4-5,10H,6-9H2,1-3H3.